The molecular formula is C13H16ClNO. The molecule has 0 saturated heterocycles. The lowest BCUT2D eigenvalue weighted by atomic mass is 9.88. The number of furan rings is 1. The normalized spacial score (nSPS) is 13.6. The van der Waals surface area contributed by atoms with Gasteiger partial charge in [0.25, 0.3) is 0 Å². The van der Waals surface area contributed by atoms with E-state index in [-0.39, 0.29) is 0 Å². The van der Waals surface area contributed by atoms with Crippen molar-refractivity contribution < 1.29 is 4.42 Å². The van der Waals surface area contributed by atoms with Gasteiger partial charge < -0.3 is 10.2 Å². The molecule has 1 unspecified atom stereocenters. The lowest BCUT2D eigenvalue weighted by molar-refractivity contribution is 0.506. The minimum Gasteiger partial charge on any atom is -0.464 e. The Morgan fingerprint density at radius 2 is 2.06 bits per heavy atom. The van der Waals surface area contributed by atoms with E-state index in [1.165, 1.54) is 0 Å². The van der Waals surface area contributed by atoms with Crippen LogP contribution in [0, 0.1) is 5.92 Å². The van der Waals surface area contributed by atoms with Crippen LogP contribution in [0.4, 0.5) is 0 Å². The number of benzene rings is 1. The van der Waals surface area contributed by atoms with Gasteiger partial charge in [0.1, 0.15) is 5.58 Å². The van der Waals surface area contributed by atoms with Crippen LogP contribution in [0.3, 0.4) is 0 Å². The highest BCUT2D eigenvalue weighted by molar-refractivity contribution is 6.36. The Kier molecular flexibility index (Phi) is 3.22. The Balaban J connectivity index is 2.55. The Morgan fingerprint density at radius 3 is 2.69 bits per heavy atom. The monoisotopic (exact) mass is 237 g/mol. The number of hydrogen-bond donors (Lipinski definition) is 1. The lowest BCUT2D eigenvalue weighted by Gasteiger charge is -2.20. The minimum atomic E-state index is 0.298. The molecule has 0 aliphatic heterocycles. The summed E-state index contributed by atoms with van der Waals surface area (Å²) in [5.41, 5.74) is 7.76. The SMILES string of the molecule is CC(C)C(CN)c1ccc2occc2c1Cl. The highest BCUT2D eigenvalue weighted by atomic mass is 35.5. The first-order valence-electron chi connectivity index (χ1n) is 5.50. The number of fused-ring (bicyclic) bond motifs is 1. The highest BCUT2D eigenvalue weighted by Crippen LogP contribution is 2.35. The average molecular weight is 238 g/mol. The molecule has 2 nitrogen and oxygen atoms in total. The van der Waals surface area contributed by atoms with Crippen LogP contribution < -0.4 is 5.73 Å². The maximum absolute atomic E-state index is 6.38. The quantitative estimate of drug-likeness (QED) is 0.882. The third-order valence-electron chi connectivity index (χ3n) is 3.06. The van der Waals surface area contributed by atoms with Gasteiger partial charge in [0.2, 0.25) is 0 Å². The van der Waals surface area contributed by atoms with Crippen LogP contribution in [-0.2, 0) is 0 Å². The van der Waals surface area contributed by atoms with Gasteiger partial charge in [-0.1, -0.05) is 31.5 Å². The fourth-order valence-electron chi connectivity index (χ4n) is 2.07. The molecule has 0 radical (unpaired) electrons. The predicted molar refractivity (Wildman–Crippen MR) is 67.9 cm³/mol. The Morgan fingerprint density at radius 1 is 1.31 bits per heavy atom. The van der Waals surface area contributed by atoms with Crippen LogP contribution in [0.1, 0.15) is 25.3 Å². The van der Waals surface area contributed by atoms with Crippen molar-refractivity contribution in [3.05, 3.63) is 35.0 Å². The number of rotatable bonds is 3. The molecule has 0 fully saturated rings. The second kappa shape index (κ2) is 4.48. The lowest BCUT2D eigenvalue weighted by Crippen LogP contribution is -2.18. The Hall–Kier alpha value is -0.990. The standard InChI is InChI=1S/C13H16ClNO/c1-8(2)11(7-15)9-3-4-12-10(13(9)14)5-6-16-12/h3-6,8,11H,7,15H2,1-2H3. The zero-order chi connectivity index (χ0) is 11.7. The third kappa shape index (κ3) is 1.83. The van der Waals surface area contributed by atoms with E-state index in [4.69, 9.17) is 21.8 Å². The van der Waals surface area contributed by atoms with E-state index in [0.29, 0.717) is 18.4 Å². The number of nitrogens with two attached hydrogens (primary N) is 1. The molecule has 16 heavy (non-hydrogen) atoms. The fraction of sp³-hybridized carbons (Fsp3) is 0.385. The molecule has 2 N–H and O–H groups in total. The molecule has 1 aromatic carbocycles. The van der Waals surface area contributed by atoms with Gasteiger partial charge in [-0.2, -0.15) is 0 Å². The fourth-order valence-corrected chi connectivity index (χ4v) is 2.43. The summed E-state index contributed by atoms with van der Waals surface area (Å²) in [6.45, 7) is 4.93. The maximum atomic E-state index is 6.38. The molecule has 1 aromatic heterocycles. The van der Waals surface area contributed by atoms with Crippen molar-refractivity contribution in [2.24, 2.45) is 11.7 Å². The van der Waals surface area contributed by atoms with Gasteiger partial charge in [0, 0.05) is 5.39 Å². The van der Waals surface area contributed by atoms with Gasteiger partial charge in [-0.3, -0.25) is 0 Å². The molecule has 86 valence electrons. The molecule has 2 aromatic rings. The molecule has 0 spiro atoms. The van der Waals surface area contributed by atoms with Crippen molar-refractivity contribution in [2.75, 3.05) is 6.54 Å². The largest absolute Gasteiger partial charge is 0.464 e. The summed E-state index contributed by atoms with van der Waals surface area (Å²) >= 11 is 6.38. The summed E-state index contributed by atoms with van der Waals surface area (Å²) in [6.07, 6.45) is 1.66. The van der Waals surface area contributed by atoms with Gasteiger partial charge in [0.15, 0.2) is 0 Å². The van der Waals surface area contributed by atoms with Crippen LogP contribution in [0.15, 0.2) is 28.9 Å². The number of halogens is 1. The van der Waals surface area contributed by atoms with E-state index in [1.54, 1.807) is 6.26 Å². The second-order valence-corrected chi connectivity index (χ2v) is 4.77. The van der Waals surface area contributed by atoms with Gasteiger partial charge in [-0.05, 0) is 36.1 Å². The smallest absolute Gasteiger partial charge is 0.135 e. The third-order valence-corrected chi connectivity index (χ3v) is 3.48. The van der Waals surface area contributed by atoms with Gasteiger partial charge in [0.05, 0.1) is 11.3 Å². The van der Waals surface area contributed by atoms with E-state index in [2.05, 4.69) is 13.8 Å². The molecule has 2 rings (SSSR count). The Bertz CT molecular complexity index is 490. The van der Waals surface area contributed by atoms with Crippen LogP contribution in [0.2, 0.25) is 5.02 Å². The summed E-state index contributed by atoms with van der Waals surface area (Å²) in [7, 11) is 0. The molecule has 0 aliphatic rings. The van der Waals surface area contributed by atoms with E-state index in [9.17, 15) is 0 Å². The Labute approximate surface area is 100 Å². The van der Waals surface area contributed by atoms with Crippen LogP contribution in [0.25, 0.3) is 11.0 Å². The number of hydrogen-bond acceptors (Lipinski definition) is 2. The second-order valence-electron chi connectivity index (χ2n) is 4.39. The van der Waals surface area contributed by atoms with Crippen LogP contribution >= 0.6 is 11.6 Å². The van der Waals surface area contributed by atoms with E-state index >= 15 is 0 Å². The zero-order valence-corrected chi connectivity index (χ0v) is 10.3. The molecule has 0 aliphatic carbocycles. The first kappa shape index (κ1) is 11.5. The van der Waals surface area contributed by atoms with E-state index < -0.39 is 0 Å². The predicted octanol–water partition coefficient (Wildman–Crippen LogP) is 3.78. The van der Waals surface area contributed by atoms with E-state index in [0.717, 1.165) is 21.6 Å². The molecule has 0 amide bonds. The highest BCUT2D eigenvalue weighted by Gasteiger charge is 2.18. The minimum absolute atomic E-state index is 0.298. The van der Waals surface area contributed by atoms with Crippen molar-refractivity contribution in [2.45, 2.75) is 19.8 Å². The van der Waals surface area contributed by atoms with Crippen molar-refractivity contribution in [1.82, 2.24) is 0 Å². The van der Waals surface area contributed by atoms with Crippen molar-refractivity contribution in [1.29, 1.82) is 0 Å². The van der Waals surface area contributed by atoms with E-state index in [1.807, 2.05) is 18.2 Å². The van der Waals surface area contributed by atoms with Gasteiger partial charge in [-0.15, -0.1) is 0 Å². The first-order chi connectivity index (χ1) is 7.65. The van der Waals surface area contributed by atoms with Gasteiger partial charge in [-0.25, -0.2) is 0 Å². The summed E-state index contributed by atoms with van der Waals surface area (Å²) < 4.78 is 5.31. The first-order valence-corrected chi connectivity index (χ1v) is 5.88. The van der Waals surface area contributed by atoms with Crippen molar-refractivity contribution in [3.63, 3.8) is 0 Å². The van der Waals surface area contributed by atoms with Crippen molar-refractivity contribution >= 4 is 22.6 Å². The molecule has 0 saturated carbocycles. The molecular weight excluding hydrogens is 222 g/mol. The summed E-state index contributed by atoms with van der Waals surface area (Å²) in [5.74, 6) is 0.777. The average Bonchev–Trinajstić information content (AvgIpc) is 2.70. The zero-order valence-electron chi connectivity index (χ0n) is 9.53. The topological polar surface area (TPSA) is 39.2 Å². The van der Waals surface area contributed by atoms with Crippen molar-refractivity contribution in [3.8, 4) is 0 Å². The van der Waals surface area contributed by atoms with Crippen LogP contribution in [0.5, 0.6) is 0 Å². The molecule has 3 heteroatoms. The summed E-state index contributed by atoms with van der Waals surface area (Å²) in [5, 5.41) is 1.74. The summed E-state index contributed by atoms with van der Waals surface area (Å²) in [4.78, 5) is 0. The molecule has 0 bridgehead atoms. The summed E-state index contributed by atoms with van der Waals surface area (Å²) in [6, 6.07) is 5.88. The molecule has 1 heterocycles. The van der Waals surface area contributed by atoms with Gasteiger partial charge >= 0.3 is 0 Å². The maximum Gasteiger partial charge on any atom is 0.135 e. The van der Waals surface area contributed by atoms with Crippen LogP contribution in [-0.4, -0.2) is 6.54 Å². The molecule has 1 atom stereocenters.